The number of carbonyl (C=O) groups excluding carboxylic acids is 1. The third kappa shape index (κ3) is 7.09. The number of amides is 1. The molecular weight excluding hydrogens is 592 g/mol. The molecule has 2 N–H and O–H groups in total. The normalized spacial score (nSPS) is 17.6. The highest BCUT2D eigenvalue weighted by Gasteiger charge is 2.39. The number of aromatic nitrogens is 2. The van der Waals surface area contributed by atoms with Crippen LogP contribution in [0.2, 0.25) is 0 Å². The maximum absolute atomic E-state index is 15.3. The minimum absolute atomic E-state index is 0.0116. The summed E-state index contributed by atoms with van der Waals surface area (Å²) >= 11 is 0. The van der Waals surface area contributed by atoms with Gasteiger partial charge in [0, 0.05) is 24.1 Å². The van der Waals surface area contributed by atoms with Crippen molar-refractivity contribution in [2.24, 2.45) is 5.92 Å². The fraction of sp³-hybridized carbons (Fsp3) is 0.346. The summed E-state index contributed by atoms with van der Waals surface area (Å²) in [5.74, 6) is -4.14. The van der Waals surface area contributed by atoms with Crippen LogP contribution in [0, 0.1) is 11.7 Å². The van der Waals surface area contributed by atoms with E-state index in [1.165, 1.54) is 12.1 Å². The minimum Gasteiger partial charge on any atom is -0.373 e. The Balaban J connectivity index is 1.41. The highest BCUT2D eigenvalue weighted by molar-refractivity contribution is 5.79. The molecule has 0 bridgehead atoms. The molecule has 226 valence electrons. The predicted octanol–water partition coefficient (Wildman–Crippen LogP) is 6.24. The Morgan fingerprint density at radius 2 is 1.57 bits per heavy atom. The molecule has 1 aliphatic carbocycles. The maximum atomic E-state index is 15.3. The quantitative estimate of drug-likeness (QED) is 0.310. The summed E-state index contributed by atoms with van der Waals surface area (Å²) in [4.78, 5) is 28.9. The Morgan fingerprint density at radius 3 is 2.14 bits per heavy atom. The van der Waals surface area contributed by atoms with Crippen molar-refractivity contribution < 1.29 is 53.4 Å². The van der Waals surface area contributed by atoms with Gasteiger partial charge in [-0.15, -0.1) is 0 Å². The van der Waals surface area contributed by atoms with Crippen molar-refractivity contribution in [1.29, 1.82) is 0 Å². The first kappa shape index (κ1) is 31.0. The minimum atomic E-state index is -5.23. The number of halogens is 10. The number of ether oxygens (including phenoxy) is 1. The van der Waals surface area contributed by atoms with E-state index in [1.54, 1.807) is 4.98 Å². The summed E-state index contributed by atoms with van der Waals surface area (Å²) in [6.45, 7) is -0.644. The van der Waals surface area contributed by atoms with Crippen LogP contribution < -0.4 is 10.9 Å². The number of rotatable bonds is 7. The molecule has 1 aliphatic rings. The second-order valence-corrected chi connectivity index (χ2v) is 9.45. The first-order chi connectivity index (χ1) is 19.4. The number of carbonyl (C=O) groups is 1. The first-order valence-electron chi connectivity index (χ1n) is 12.1. The summed E-state index contributed by atoms with van der Waals surface area (Å²) in [6, 6.07) is 5.42. The van der Waals surface area contributed by atoms with Crippen LogP contribution in [0.4, 0.5) is 43.9 Å². The van der Waals surface area contributed by atoms with Gasteiger partial charge in [-0.1, -0.05) is 18.2 Å². The Morgan fingerprint density at radius 1 is 0.929 bits per heavy atom. The summed E-state index contributed by atoms with van der Waals surface area (Å²) in [7, 11) is 0. The van der Waals surface area contributed by atoms with E-state index >= 15 is 4.39 Å². The number of aromatic amines is 1. The molecule has 0 aliphatic heterocycles. The van der Waals surface area contributed by atoms with Gasteiger partial charge in [-0.3, -0.25) is 9.59 Å². The number of H-pyrrole nitrogens is 1. The summed E-state index contributed by atoms with van der Waals surface area (Å²) in [5.41, 5.74) is -7.25. The second-order valence-electron chi connectivity index (χ2n) is 9.45. The van der Waals surface area contributed by atoms with Crippen molar-refractivity contribution in [3.8, 4) is 11.4 Å². The molecule has 6 nitrogen and oxygen atoms in total. The maximum Gasteiger partial charge on any atom is 0.433 e. The topological polar surface area (TPSA) is 84.1 Å². The van der Waals surface area contributed by atoms with E-state index in [0.717, 1.165) is 12.1 Å². The monoisotopic (exact) mass is 611 g/mol. The summed E-state index contributed by atoms with van der Waals surface area (Å²) < 4.78 is 139. The lowest BCUT2D eigenvalue weighted by atomic mass is 9.81. The van der Waals surface area contributed by atoms with Gasteiger partial charge in [-0.05, 0) is 36.6 Å². The Hall–Kier alpha value is -3.95. The van der Waals surface area contributed by atoms with Crippen molar-refractivity contribution in [3.63, 3.8) is 0 Å². The van der Waals surface area contributed by atoms with Crippen LogP contribution in [-0.4, -0.2) is 22.0 Å². The largest absolute Gasteiger partial charge is 0.433 e. The van der Waals surface area contributed by atoms with Crippen molar-refractivity contribution in [2.45, 2.75) is 50.6 Å². The summed E-state index contributed by atoms with van der Waals surface area (Å²) in [5, 5.41) is 2.35. The van der Waals surface area contributed by atoms with Crippen LogP contribution in [0.25, 0.3) is 11.4 Å². The SMILES string of the molecule is O=c1cc(C(F)(F)F)nc(-c2c(C(F)(F)F)ccc(CNC(=O)[C@H]3C[C@H](OCc4ccc(C(F)(F)F)cc4)C3)c2F)[nH]1. The molecule has 1 saturated carbocycles. The van der Waals surface area contributed by atoms with Crippen molar-refractivity contribution in [3.05, 3.63) is 86.6 Å². The molecule has 2 aromatic carbocycles. The van der Waals surface area contributed by atoms with Crippen LogP contribution in [-0.2, 0) is 41.2 Å². The van der Waals surface area contributed by atoms with Gasteiger partial charge in [0.2, 0.25) is 5.91 Å². The lowest BCUT2D eigenvalue weighted by molar-refractivity contribution is -0.141. The molecule has 0 atom stereocenters. The molecule has 1 amide bonds. The lowest BCUT2D eigenvalue weighted by Gasteiger charge is -2.34. The number of hydrogen-bond donors (Lipinski definition) is 2. The molecular formula is C26H19F10N3O3. The van der Waals surface area contributed by atoms with Gasteiger partial charge in [0.05, 0.1) is 29.4 Å². The molecule has 0 unspecified atom stereocenters. The molecule has 42 heavy (non-hydrogen) atoms. The van der Waals surface area contributed by atoms with Crippen LogP contribution in [0.5, 0.6) is 0 Å². The molecule has 1 aromatic heterocycles. The standard InChI is InChI=1S/C26H19F10N3O3/c27-21-13(3-6-17(25(31,32)33)20(21)22-38-18(26(34,35)36)9-19(40)39-22)10-37-23(41)14-7-16(8-14)42-11-12-1-4-15(5-2-12)24(28,29)30/h1-6,9,14,16H,7-8,10-11H2,(H,37,41)(H,38,39,40)/t14-,16-. The fourth-order valence-corrected chi connectivity index (χ4v) is 4.19. The molecule has 0 radical (unpaired) electrons. The third-order valence-electron chi connectivity index (χ3n) is 6.48. The lowest BCUT2D eigenvalue weighted by Crippen LogP contribution is -2.42. The molecule has 4 rings (SSSR count). The second kappa shape index (κ2) is 11.4. The Bertz CT molecular complexity index is 1510. The molecule has 1 fully saturated rings. The number of nitrogens with zero attached hydrogens (tertiary/aromatic N) is 1. The molecule has 16 heteroatoms. The van der Waals surface area contributed by atoms with Crippen molar-refractivity contribution >= 4 is 5.91 Å². The predicted molar refractivity (Wildman–Crippen MR) is 125 cm³/mol. The third-order valence-corrected chi connectivity index (χ3v) is 6.48. The number of nitrogens with one attached hydrogen (secondary N) is 2. The average molecular weight is 611 g/mol. The van der Waals surface area contributed by atoms with Crippen LogP contribution in [0.15, 0.2) is 47.3 Å². The van der Waals surface area contributed by atoms with E-state index in [0.29, 0.717) is 17.7 Å². The Labute approximate surface area is 229 Å². The number of benzene rings is 2. The van der Waals surface area contributed by atoms with E-state index in [2.05, 4.69) is 10.3 Å². The van der Waals surface area contributed by atoms with Crippen molar-refractivity contribution in [1.82, 2.24) is 15.3 Å². The van der Waals surface area contributed by atoms with Gasteiger partial charge in [0.25, 0.3) is 5.56 Å². The van der Waals surface area contributed by atoms with Crippen LogP contribution >= 0.6 is 0 Å². The van der Waals surface area contributed by atoms with E-state index in [1.807, 2.05) is 0 Å². The van der Waals surface area contributed by atoms with E-state index in [-0.39, 0.29) is 25.5 Å². The van der Waals surface area contributed by atoms with Gasteiger partial charge < -0.3 is 15.0 Å². The van der Waals surface area contributed by atoms with E-state index in [9.17, 15) is 49.1 Å². The average Bonchev–Trinajstić information content (AvgIpc) is 2.85. The molecule has 0 saturated heterocycles. The smallest absolute Gasteiger partial charge is 0.373 e. The van der Waals surface area contributed by atoms with Gasteiger partial charge in [-0.2, -0.15) is 39.5 Å². The zero-order valence-electron chi connectivity index (χ0n) is 21.0. The Kier molecular flexibility index (Phi) is 8.40. The number of hydrogen-bond acceptors (Lipinski definition) is 4. The molecule has 0 spiro atoms. The van der Waals surface area contributed by atoms with Gasteiger partial charge in [0.15, 0.2) is 5.69 Å². The van der Waals surface area contributed by atoms with Gasteiger partial charge >= 0.3 is 18.5 Å². The van der Waals surface area contributed by atoms with Gasteiger partial charge in [0.1, 0.15) is 11.6 Å². The molecule has 3 aromatic rings. The summed E-state index contributed by atoms with van der Waals surface area (Å²) in [6.07, 6.45) is -14.9. The zero-order chi connectivity index (χ0) is 31.0. The first-order valence-corrected chi connectivity index (χ1v) is 12.1. The van der Waals surface area contributed by atoms with Crippen LogP contribution in [0.1, 0.15) is 40.8 Å². The molecule has 1 heterocycles. The van der Waals surface area contributed by atoms with Gasteiger partial charge in [-0.25, -0.2) is 9.37 Å². The van der Waals surface area contributed by atoms with E-state index < -0.39 is 88.2 Å². The highest BCUT2D eigenvalue weighted by atomic mass is 19.4. The highest BCUT2D eigenvalue weighted by Crippen LogP contribution is 2.39. The fourth-order valence-electron chi connectivity index (χ4n) is 4.19. The van der Waals surface area contributed by atoms with Crippen molar-refractivity contribution in [2.75, 3.05) is 0 Å². The number of alkyl halides is 9. The zero-order valence-corrected chi connectivity index (χ0v) is 21.0. The van der Waals surface area contributed by atoms with Crippen LogP contribution in [0.3, 0.4) is 0 Å². The van der Waals surface area contributed by atoms with E-state index in [4.69, 9.17) is 4.74 Å².